The third kappa shape index (κ3) is 5.31. The van der Waals surface area contributed by atoms with Gasteiger partial charge in [0, 0.05) is 14.1 Å². The molecule has 0 aliphatic carbocycles. The Morgan fingerprint density at radius 1 is 1.39 bits per heavy atom. The van der Waals surface area contributed by atoms with Crippen molar-refractivity contribution < 1.29 is 9.53 Å². The number of hydrogen-bond donors (Lipinski definition) is 1. The van der Waals surface area contributed by atoms with Crippen LogP contribution in [0.25, 0.3) is 0 Å². The summed E-state index contributed by atoms with van der Waals surface area (Å²) in [6.45, 7) is 0.622. The summed E-state index contributed by atoms with van der Waals surface area (Å²) in [6, 6.07) is 7.46. The lowest BCUT2D eigenvalue weighted by Gasteiger charge is -2.10. The van der Waals surface area contributed by atoms with E-state index in [0.29, 0.717) is 18.0 Å². The molecule has 0 unspecified atom stereocenters. The first-order valence-corrected chi connectivity index (χ1v) is 7.02. The third-order valence-electron chi connectivity index (χ3n) is 2.33. The number of nitrogens with zero attached hydrogens (tertiary/aromatic N) is 1. The minimum absolute atomic E-state index is 0.147. The van der Waals surface area contributed by atoms with Crippen LogP contribution in [0.4, 0.5) is 5.69 Å². The zero-order valence-corrected chi connectivity index (χ0v) is 11.7. The number of ether oxygens (including phenoxy) is 1. The van der Waals surface area contributed by atoms with Gasteiger partial charge in [-0.15, -0.1) is 0 Å². The highest BCUT2D eigenvalue weighted by molar-refractivity contribution is 7.99. The SMILES string of the molecule is CN(C)C(=O)CSCCCOc1ccccc1N. The fraction of sp³-hybridized carbons (Fsp3) is 0.462. The molecule has 1 aromatic carbocycles. The van der Waals surface area contributed by atoms with Gasteiger partial charge in [-0.05, 0) is 24.3 Å². The van der Waals surface area contributed by atoms with Gasteiger partial charge in [0.1, 0.15) is 5.75 Å². The van der Waals surface area contributed by atoms with E-state index < -0.39 is 0 Å². The predicted molar refractivity (Wildman–Crippen MR) is 77.0 cm³/mol. The molecule has 0 aromatic heterocycles. The van der Waals surface area contributed by atoms with Crippen molar-refractivity contribution in [1.29, 1.82) is 0 Å². The average molecular weight is 268 g/mol. The summed E-state index contributed by atoms with van der Waals surface area (Å²) in [6.07, 6.45) is 0.902. The van der Waals surface area contributed by atoms with Crippen LogP contribution in [0.2, 0.25) is 0 Å². The zero-order chi connectivity index (χ0) is 13.4. The number of rotatable bonds is 7. The second-order valence-corrected chi connectivity index (χ2v) is 5.19. The molecule has 1 rings (SSSR count). The van der Waals surface area contributed by atoms with E-state index in [1.165, 1.54) is 0 Å². The van der Waals surface area contributed by atoms with E-state index in [4.69, 9.17) is 10.5 Å². The van der Waals surface area contributed by atoms with Gasteiger partial charge in [-0.1, -0.05) is 12.1 Å². The van der Waals surface area contributed by atoms with Gasteiger partial charge >= 0.3 is 0 Å². The quantitative estimate of drug-likeness (QED) is 0.606. The fourth-order valence-corrected chi connectivity index (χ4v) is 2.14. The normalized spacial score (nSPS) is 10.1. The first kappa shape index (κ1) is 14.7. The number of carbonyl (C=O) groups excluding carboxylic acids is 1. The molecule has 0 saturated heterocycles. The number of para-hydroxylation sites is 2. The standard InChI is InChI=1S/C13H20N2O2S/c1-15(2)13(16)10-18-9-5-8-17-12-7-4-3-6-11(12)14/h3-4,6-7H,5,8-10,14H2,1-2H3. The van der Waals surface area contributed by atoms with E-state index in [9.17, 15) is 4.79 Å². The molecule has 2 N–H and O–H groups in total. The van der Waals surface area contributed by atoms with E-state index in [2.05, 4.69) is 0 Å². The second-order valence-electron chi connectivity index (χ2n) is 4.08. The van der Waals surface area contributed by atoms with Crippen LogP contribution in [0, 0.1) is 0 Å². The highest BCUT2D eigenvalue weighted by atomic mass is 32.2. The van der Waals surface area contributed by atoms with Crippen molar-refractivity contribution in [3.63, 3.8) is 0 Å². The van der Waals surface area contributed by atoms with Crippen LogP contribution in [0.15, 0.2) is 24.3 Å². The predicted octanol–water partition coefficient (Wildman–Crippen LogP) is 1.86. The van der Waals surface area contributed by atoms with Crippen molar-refractivity contribution in [3.8, 4) is 5.75 Å². The van der Waals surface area contributed by atoms with E-state index >= 15 is 0 Å². The molecule has 0 saturated carbocycles. The van der Waals surface area contributed by atoms with Crippen molar-refractivity contribution in [1.82, 2.24) is 4.90 Å². The number of amides is 1. The number of carbonyl (C=O) groups is 1. The smallest absolute Gasteiger partial charge is 0.232 e. The van der Waals surface area contributed by atoms with Gasteiger partial charge in [-0.3, -0.25) is 4.79 Å². The minimum atomic E-state index is 0.147. The molecule has 18 heavy (non-hydrogen) atoms. The Labute approximate surface area is 112 Å². The van der Waals surface area contributed by atoms with Gasteiger partial charge in [0.25, 0.3) is 0 Å². The monoisotopic (exact) mass is 268 g/mol. The Kier molecular flexibility index (Phi) is 6.43. The first-order valence-electron chi connectivity index (χ1n) is 5.86. The molecule has 0 radical (unpaired) electrons. The molecule has 1 amide bonds. The van der Waals surface area contributed by atoms with Gasteiger partial charge in [-0.25, -0.2) is 0 Å². The molecule has 0 aliphatic rings. The molecule has 1 aromatic rings. The lowest BCUT2D eigenvalue weighted by atomic mass is 10.3. The van der Waals surface area contributed by atoms with E-state index in [-0.39, 0.29) is 5.91 Å². The molecular weight excluding hydrogens is 248 g/mol. The summed E-state index contributed by atoms with van der Waals surface area (Å²) in [7, 11) is 3.54. The molecule has 0 heterocycles. The molecule has 0 aliphatic heterocycles. The summed E-state index contributed by atoms with van der Waals surface area (Å²) < 4.78 is 5.56. The number of hydrogen-bond acceptors (Lipinski definition) is 4. The van der Waals surface area contributed by atoms with Gasteiger partial charge in [0.2, 0.25) is 5.91 Å². The van der Waals surface area contributed by atoms with Crippen LogP contribution < -0.4 is 10.5 Å². The van der Waals surface area contributed by atoms with Gasteiger partial charge in [0.15, 0.2) is 0 Å². The highest BCUT2D eigenvalue weighted by Gasteiger charge is 2.03. The Balaban J connectivity index is 2.09. The minimum Gasteiger partial charge on any atom is -0.491 e. The Morgan fingerprint density at radius 3 is 2.78 bits per heavy atom. The van der Waals surface area contributed by atoms with Crippen LogP contribution >= 0.6 is 11.8 Å². The lowest BCUT2D eigenvalue weighted by molar-refractivity contribution is -0.125. The third-order valence-corrected chi connectivity index (χ3v) is 3.36. The number of anilines is 1. The summed E-state index contributed by atoms with van der Waals surface area (Å²) >= 11 is 1.63. The van der Waals surface area contributed by atoms with E-state index in [1.807, 2.05) is 24.3 Å². The topological polar surface area (TPSA) is 55.6 Å². The fourth-order valence-electron chi connectivity index (χ4n) is 1.24. The van der Waals surface area contributed by atoms with Gasteiger partial charge in [-0.2, -0.15) is 11.8 Å². The molecular formula is C13H20N2O2S. The van der Waals surface area contributed by atoms with Crippen molar-refractivity contribution in [2.24, 2.45) is 0 Å². The summed E-state index contributed by atoms with van der Waals surface area (Å²) in [5, 5.41) is 0. The highest BCUT2D eigenvalue weighted by Crippen LogP contribution is 2.19. The molecule has 0 spiro atoms. The summed E-state index contributed by atoms with van der Waals surface area (Å²) in [4.78, 5) is 12.9. The van der Waals surface area contributed by atoms with Gasteiger partial charge < -0.3 is 15.4 Å². The largest absolute Gasteiger partial charge is 0.491 e. The van der Waals surface area contributed by atoms with Crippen LogP contribution in [0.1, 0.15) is 6.42 Å². The van der Waals surface area contributed by atoms with Crippen LogP contribution in [0.5, 0.6) is 5.75 Å². The molecule has 4 nitrogen and oxygen atoms in total. The van der Waals surface area contributed by atoms with Crippen molar-refractivity contribution >= 4 is 23.4 Å². The lowest BCUT2D eigenvalue weighted by Crippen LogP contribution is -2.23. The van der Waals surface area contributed by atoms with Crippen molar-refractivity contribution in [3.05, 3.63) is 24.3 Å². The molecule has 0 atom stereocenters. The second kappa shape index (κ2) is 7.87. The van der Waals surface area contributed by atoms with Crippen LogP contribution in [-0.4, -0.2) is 43.0 Å². The number of thioether (sulfide) groups is 1. The van der Waals surface area contributed by atoms with Crippen molar-refractivity contribution in [2.45, 2.75) is 6.42 Å². The van der Waals surface area contributed by atoms with Crippen molar-refractivity contribution in [2.75, 3.05) is 37.9 Å². The average Bonchev–Trinajstić information content (AvgIpc) is 2.35. The Morgan fingerprint density at radius 2 is 2.11 bits per heavy atom. The van der Waals surface area contributed by atoms with Crippen LogP contribution in [0.3, 0.4) is 0 Å². The number of nitrogens with two attached hydrogens (primary N) is 1. The Hall–Kier alpha value is -1.36. The molecule has 0 bridgehead atoms. The maximum absolute atomic E-state index is 11.3. The summed E-state index contributed by atoms with van der Waals surface area (Å²) in [5.41, 5.74) is 6.41. The zero-order valence-electron chi connectivity index (χ0n) is 10.9. The maximum Gasteiger partial charge on any atom is 0.232 e. The number of nitrogen functional groups attached to an aromatic ring is 1. The maximum atomic E-state index is 11.3. The molecule has 0 fully saturated rings. The number of benzene rings is 1. The Bertz CT molecular complexity index is 383. The van der Waals surface area contributed by atoms with Crippen LogP contribution in [-0.2, 0) is 4.79 Å². The van der Waals surface area contributed by atoms with E-state index in [0.717, 1.165) is 17.9 Å². The van der Waals surface area contributed by atoms with Gasteiger partial charge in [0.05, 0.1) is 18.0 Å². The first-order chi connectivity index (χ1) is 8.61. The van der Waals surface area contributed by atoms with E-state index in [1.54, 1.807) is 30.8 Å². The molecule has 100 valence electrons. The summed E-state index contributed by atoms with van der Waals surface area (Å²) in [5.74, 6) is 2.31. The molecule has 5 heteroatoms.